The van der Waals surface area contributed by atoms with Gasteiger partial charge in [0.15, 0.2) is 0 Å². The van der Waals surface area contributed by atoms with Gasteiger partial charge in [-0.2, -0.15) is 0 Å². The number of rotatable bonds is 5. The zero-order valence-corrected chi connectivity index (χ0v) is 12.6. The number of halogens is 1. The van der Waals surface area contributed by atoms with Gasteiger partial charge in [-0.1, -0.05) is 29.8 Å². The van der Waals surface area contributed by atoms with Crippen LogP contribution in [0.1, 0.15) is 24.1 Å². The second-order valence-corrected chi connectivity index (χ2v) is 5.34. The van der Waals surface area contributed by atoms with E-state index in [1.165, 1.54) is 11.1 Å². The van der Waals surface area contributed by atoms with E-state index in [4.69, 9.17) is 17.3 Å². The second-order valence-electron chi connectivity index (χ2n) is 4.90. The molecule has 0 aliphatic heterocycles. The summed E-state index contributed by atoms with van der Waals surface area (Å²) in [5.74, 6) is 0.952. The number of aromatic nitrogens is 1. The molecule has 1 aromatic carbocycles. The number of anilines is 1. The average Bonchev–Trinajstić information content (AvgIpc) is 2.48. The van der Waals surface area contributed by atoms with Crippen LogP contribution in [0.25, 0.3) is 0 Å². The highest BCUT2D eigenvalue weighted by Gasteiger charge is 2.13. The fraction of sp³-hybridized carbons (Fsp3) is 0.312. The zero-order valence-electron chi connectivity index (χ0n) is 11.9. The van der Waals surface area contributed by atoms with E-state index in [0.29, 0.717) is 6.54 Å². The monoisotopic (exact) mass is 289 g/mol. The van der Waals surface area contributed by atoms with E-state index >= 15 is 0 Å². The van der Waals surface area contributed by atoms with Gasteiger partial charge >= 0.3 is 0 Å². The number of nitrogens with two attached hydrogens (primary N) is 1. The summed E-state index contributed by atoms with van der Waals surface area (Å²) in [5.41, 5.74) is 7.93. The Bertz CT molecular complexity index is 537. The maximum atomic E-state index is 5.92. The van der Waals surface area contributed by atoms with Gasteiger partial charge in [0.25, 0.3) is 0 Å². The molecule has 2 rings (SSSR count). The Labute approximate surface area is 125 Å². The Morgan fingerprint density at radius 1 is 1.20 bits per heavy atom. The molecule has 0 amide bonds. The van der Waals surface area contributed by atoms with Crippen molar-refractivity contribution in [3.63, 3.8) is 0 Å². The van der Waals surface area contributed by atoms with Crippen LogP contribution in [0.5, 0.6) is 0 Å². The summed E-state index contributed by atoms with van der Waals surface area (Å²) in [5, 5.41) is 0.757. The molecule has 1 atom stereocenters. The van der Waals surface area contributed by atoms with E-state index in [0.717, 1.165) is 17.3 Å². The molecule has 0 saturated carbocycles. The van der Waals surface area contributed by atoms with Gasteiger partial charge in [0.2, 0.25) is 0 Å². The van der Waals surface area contributed by atoms with Crippen LogP contribution in [0.3, 0.4) is 0 Å². The molecule has 2 aromatic rings. The Kier molecular flexibility index (Phi) is 4.99. The van der Waals surface area contributed by atoms with Crippen LogP contribution < -0.4 is 10.6 Å². The molecule has 0 aliphatic rings. The fourth-order valence-electron chi connectivity index (χ4n) is 2.10. The highest BCUT2D eigenvalue weighted by Crippen LogP contribution is 2.24. The summed E-state index contributed by atoms with van der Waals surface area (Å²) in [7, 11) is 2.05. The van der Waals surface area contributed by atoms with Gasteiger partial charge in [0.1, 0.15) is 5.82 Å². The highest BCUT2D eigenvalue weighted by molar-refractivity contribution is 6.30. The largest absolute Gasteiger partial charge is 0.353 e. The number of benzene rings is 1. The summed E-state index contributed by atoms with van der Waals surface area (Å²) >= 11 is 5.92. The van der Waals surface area contributed by atoms with E-state index in [1.54, 1.807) is 0 Å². The van der Waals surface area contributed by atoms with E-state index in [-0.39, 0.29) is 6.04 Å². The molecule has 0 bridgehead atoms. The number of nitrogens with zero attached hydrogens (tertiary/aromatic N) is 2. The lowest BCUT2D eigenvalue weighted by molar-refractivity contribution is 0.728. The molecule has 2 N–H and O–H groups in total. The van der Waals surface area contributed by atoms with Crippen molar-refractivity contribution < 1.29 is 0 Å². The second kappa shape index (κ2) is 6.73. The minimum atomic E-state index is 0.236. The molecule has 0 spiro atoms. The maximum Gasteiger partial charge on any atom is 0.128 e. The first-order valence-corrected chi connectivity index (χ1v) is 7.13. The van der Waals surface area contributed by atoms with Gasteiger partial charge < -0.3 is 10.6 Å². The van der Waals surface area contributed by atoms with Crippen LogP contribution in [0, 0.1) is 0 Å². The van der Waals surface area contributed by atoms with Crippen molar-refractivity contribution in [2.45, 2.75) is 19.4 Å². The third-order valence-electron chi connectivity index (χ3n) is 3.54. The summed E-state index contributed by atoms with van der Waals surface area (Å²) in [6, 6.07) is 12.3. The molecule has 1 heterocycles. The van der Waals surface area contributed by atoms with Crippen molar-refractivity contribution in [2.24, 2.45) is 5.73 Å². The number of hydrogen-bond donors (Lipinski definition) is 1. The van der Waals surface area contributed by atoms with Crippen LogP contribution in [-0.2, 0) is 6.42 Å². The van der Waals surface area contributed by atoms with Crippen molar-refractivity contribution in [2.75, 3.05) is 18.5 Å². The van der Waals surface area contributed by atoms with Crippen molar-refractivity contribution in [1.29, 1.82) is 0 Å². The molecule has 0 radical (unpaired) electrons. The first-order valence-electron chi connectivity index (χ1n) is 6.75. The van der Waals surface area contributed by atoms with Gasteiger partial charge in [-0.15, -0.1) is 0 Å². The SMILES string of the molecule is CC(c1ccc(Cl)cc1)N(C)c1ccc(CCN)cn1. The summed E-state index contributed by atoms with van der Waals surface area (Å²) in [4.78, 5) is 6.65. The van der Waals surface area contributed by atoms with Crippen molar-refractivity contribution in [3.05, 3.63) is 58.7 Å². The number of hydrogen-bond acceptors (Lipinski definition) is 3. The van der Waals surface area contributed by atoms with Crippen LogP contribution in [0.2, 0.25) is 5.02 Å². The van der Waals surface area contributed by atoms with Crippen LogP contribution in [0.15, 0.2) is 42.6 Å². The lowest BCUT2D eigenvalue weighted by atomic mass is 10.1. The first kappa shape index (κ1) is 14.8. The Balaban J connectivity index is 2.13. The molecular weight excluding hydrogens is 270 g/mol. The molecular formula is C16H20ClN3. The predicted molar refractivity (Wildman–Crippen MR) is 85.3 cm³/mol. The molecule has 106 valence electrons. The molecule has 1 unspecified atom stereocenters. The molecule has 0 saturated heterocycles. The van der Waals surface area contributed by atoms with Crippen LogP contribution in [0.4, 0.5) is 5.82 Å². The summed E-state index contributed by atoms with van der Waals surface area (Å²) in [6.45, 7) is 2.80. The molecule has 0 fully saturated rings. The standard InChI is InChI=1S/C16H20ClN3/c1-12(14-4-6-15(17)7-5-14)20(2)16-8-3-13(9-10-18)11-19-16/h3-8,11-12H,9-10,18H2,1-2H3. The van der Waals surface area contributed by atoms with Gasteiger partial charge in [0, 0.05) is 18.3 Å². The normalized spacial score (nSPS) is 12.2. The lowest BCUT2D eigenvalue weighted by Crippen LogP contribution is -2.22. The van der Waals surface area contributed by atoms with Crippen LogP contribution >= 0.6 is 11.6 Å². The summed E-state index contributed by atoms with van der Waals surface area (Å²) in [6.07, 6.45) is 2.76. The molecule has 20 heavy (non-hydrogen) atoms. The predicted octanol–water partition coefficient (Wildman–Crippen LogP) is 3.43. The van der Waals surface area contributed by atoms with E-state index < -0.39 is 0 Å². The maximum absolute atomic E-state index is 5.92. The van der Waals surface area contributed by atoms with Crippen LogP contribution in [-0.4, -0.2) is 18.6 Å². The lowest BCUT2D eigenvalue weighted by Gasteiger charge is -2.26. The Morgan fingerprint density at radius 3 is 2.45 bits per heavy atom. The van der Waals surface area contributed by atoms with E-state index in [1.807, 2.05) is 43.6 Å². The zero-order chi connectivity index (χ0) is 14.5. The van der Waals surface area contributed by atoms with E-state index in [2.05, 4.69) is 22.9 Å². The quantitative estimate of drug-likeness (QED) is 0.917. The smallest absolute Gasteiger partial charge is 0.128 e. The number of pyridine rings is 1. The fourth-order valence-corrected chi connectivity index (χ4v) is 2.23. The minimum absolute atomic E-state index is 0.236. The van der Waals surface area contributed by atoms with Gasteiger partial charge in [-0.3, -0.25) is 0 Å². The minimum Gasteiger partial charge on any atom is -0.353 e. The van der Waals surface area contributed by atoms with Gasteiger partial charge in [-0.05, 0) is 49.2 Å². The average molecular weight is 290 g/mol. The third-order valence-corrected chi connectivity index (χ3v) is 3.79. The van der Waals surface area contributed by atoms with E-state index in [9.17, 15) is 0 Å². The van der Waals surface area contributed by atoms with Crippen molar-refractivity contribution in [1.82, 2.24) is 4.98 Å². The van der Waals surface area contributed by atoms with Gasteiger partial charge in [-0.25, -0.2) is 4.98 Å². The topological polar surface area (TPSA) is 42.1 Å². The molecule has 3 nitrogen and oxygen atoms in total. The molecule has 4 heteroatoms. The summed E-state index contributed by atoms with van der Waals surface area (Å²) < 4.78 is 0. The van der Waals surface area contributed by atoms with Crippen molar-refractivity contribution >= 4 is 17.4 Å². The Morgan fingerprint density at radius 2 is 1.90 bits per heavy atom. The molecule has 0 aliphatic carbocycles. The molecule has 1 aromatic heterocycles. The Hall–Kier alpha value is -1.58. The highest BCUT2D eigenvalue weighted by atomic mass is 35.5. The first-order chi connectivity index (χ1) is 9.61. The van der Waals surface area contributed by atoms with Crippen molar-refractivity contribution in [3.8, 4) is 0 Å². The third kappa shape index (κ3) is 3.50. The van der Waals surface area contributed by atoms with Gasteiger partial charge in [0.05, 0.1) is 6.04 Å².